The van der Waals surface area contributed by atoms with E-state index in [0.29, 0.717) is 41.2 Å². The van der Waals surface area contributed by atoms with Crippen molar-refractivity contribution in [2.45, 2.75) is 6.54 Å². The molecule has 5 rings (SSSR count). The molecule has 0 atom stereocenters. The van der Waals surface area contributed by atoms with Gasteiger partial charge in [0.25, 0.3) is 11.5 Å². The van der Waals surface area contributed by atoms with E-state index in [0.717, 1.165) is 18.5 Å². The molecule has 0 bridgehead atoms. The van der Waals surface area contributed by atoms with Crippen LogP contribution in [0.4, 0.5) is 5.69 Å². The Labute approximate surface area is 200 Å². The number of likely N-dealkylation sites (N-methyl/N-ethyl adjacent to an activating group) is 1. The Morgan fingerprint density at radius 3 is 2.66 bits per heavy atom. The Kier molecular flexibility index (Phi) is 5.96. The highest BCUT2D eigenvalue weighted by Gasteiger charge is 2.22. The number of amides is 2. The number of nitrogens with one attached hydrogen (secondary N) is 1. The monoisotopic (exact) mass is 475 g/mol. The number of piperazine rings is 1. The molecular weight excluding hydrogens is 450 g/mol. The van der Waals surface area contributed by atoms with Crippen LogP contribution in [-0.4, -0.2) is 71.5 Å². The third-order valence-electron chi connectivity index (χ3n) is 6.18. The van der Waals surface area contributed by atoms with Gasteiger partial charge < -0.3 is 24.3 Å². The Morgan fingerprint density at radius 2 is 1.89 bits per heavy atom. The van der Waals surface area contributed by atoms with E-state index in [2.05, 4.69) is 15.2 Å². The molecule has 1 N–H and O–H groups in total. The molecule has 1 aliphatic heterocycles. The molecule has 0 unspecified atom stereocenters. The number of carbonyl (C=O) groups is 2. The number of fused-ring (bicyclic) bond motifs is 3. The molecule has 10 nitrogen and oxygen atoms in total. The standard InChI is InChI=1S/C25H25N5O5/c1-28-9-11-29(12-10-28)24(32)16-7-8-20(34-2)18(13-16)27-21(31)14-30-15-26-22-17-5-3-4-6-19(17)35-23(22)25(30)33/h3-8,13,15H,9-12,14H2,1-2H3,(H,27,31). The number of methoxy groups -OCH3 is 1. The van der Waals surface area contributed by atoms with Gasteiger partial charge in [0, 0.05) is 37.1 Å². The lowest BCUT2D eigenvalue weighted by Gasteiger charge is -2.32. The van der Waals surface area contributed by atoms with Gasteiger partial charge in [-0.25, -0.2) is 4.98 Å². The van der Waals surface area contributed by atoms with Gasteiger partial charge in [-0.05, 0) is 37.4 Å². The zero-order valence-electron chi connectivity index (χ0n) is 19.5. The fraction of sp³-hybridized carbons (Fsp3) is 0.280. The quantitative estimate of drug-likeness (QED) is 0.471. The third kappa shape index (κ3) is 4.35. The zero-order chi connectivity index (χ0) is 24.5. The van der Waals surface area contributed by atoms with Crippen molar-refractivity contribution in [3.05, 3.63) is 64.7 Å². The van der Waals surface area contributed by atoms with E-state index >= 15 is 0 Å². The molecule has 0 radical (unpaired) electrons. The lowest BCUT2D eigenvalue weighted by molar-refractivity contribution is -0.116. The van der Waals surface area contributed by atoms with Gasteiger partial charge in [0.1, 0.15) is 23.4 Å². The number of anilines is 1. The number of hydrogen-bond donors (Lipinski definition) is 1. The van der Waals surface area contributed by atoms with Gasteiger partial charge in [-0.1, -0.05) is 12.1 Å². The number of furan rings is 1. The average Bonchev–Trinajstić information content (AvgIpc) is 3.25. The number of para-hydroxylation sites is 1. The molecule has 10 heteroatoms. The lowest BCUT2D eigenvalue weighted by Crippen LogP contribution is -2.47. The van der Waals surface area contributed by atoms with Crippen LogP contribution in [-0.2, 0) is 11.3 Å². The summed E-state index contributed by atoms with van der Waals surface area (Å²) >= 11 is 0. The second-order valence-corrected chi connectivity index (χ2v) is 8.51. The topological polar surface area (TPSA) is 110 Å². The Bertz CT molecular complexity index is 1480. The molecule has 4 aromatic rings. The molecule has 0 spiro atoms. The highest BCUT2D eigenvalue weighted by molar-refractivity contribution is 6.02. The molecule has 180 valence electrons. The minimum atomic E-state index is -0.466. The first kappa shape index (κ1) is 22.6. The fourth-order valence-electron chi connectivity index (χ4n) is 4.20. The third-order valence-corrected chi connectivity index (χ3v) is 6.18. The van der Waals surface area contributed by atoms with Gasteiger partial charge in [0.15, 0.2) is 0 Å². The number of carbonyl (C=O) groups excluding carboxylic acids is 2. The summed E-state index contributed by atoms with van der Waals surface area (Å²) in [7, 11) is 3.51. The molecule has 35 heavy (non-hydrogen) atoms. The second kappa shape index (κ2) is 9.22. The molecule has 1 fully saturated rings. The van der Waals surface area contributed by atoms with Crippen LogP contribution >= 0.6 is 0 Å². The number of aromatic nitrogens is 2. The predicted octanol–water partition coefficient (Wildman–Crippen LogP) is 2.18. The van der Waals surface area contributed by atoms with Crippen LogP contribution in [0, 0.1) is 0 Å². The Hall–Kier alpha value is -4.18. The molecular formula is C25H25N5O5. The van der Waals surface area contributed by atoms with Crippen LogP contribution in [0.5, 0.6) is 5.75 Å². The second-order valence-electron chi connectivity index (χ2n) is 8.51. The number of nitrogens with zero attached hydrogens (tertiary/aromatic N) is 4. The van der Waals surface area contributed by atoms with Gasteiger partial charge in [0.05, 0.1) is 19.1 Å². The molecule has 2 aromatic carbocycles. The van der Waals surface area contributed by atoms with Crippen LogP contribution in [0.3, 0.4) is 0 Å². The molecule has 0 aliphatic carbocycles. The van der Waals surface area contributed by atoms with E-state index in [1.165, 1.54) is 18.0 Å². The van der Waals surface area contributed by atoms with Crippen molar-refractivity contribution in [2.75, 3.05) is 45.7 Å². The van der Waals surface area contributed by atoms with Crippen molar-refractivity contribution >= 4 is 39.6 Å². The molecule has 2 amide bonds. The minimum Gasteiger partial charge on any atom is -0.495 e. The van der Waals surface area contributed by atoms with Crippen molar-refractivity contribution < 1.29 is 18.7 Å². The van der Waals surface area contributed by atoms with Crippen molar-refractivity contribution in [1.82, 2.24) is 19.4 Å². The first-order valence-corrected chi connectivity index (χ1v) is 11.3. The molecule has 1 saturated heterocycles. The number of benzene rings is 2. The molecule has 1 aliphatic rings. The van der Waals surface area contributed by atoms with Gasteiger partial charge in [-0.3, -0.25) is 19.0 Å². The van der Waals surface area contributed by atoms with Crippen LogP contribution < -0.4 is 15.6 Å². The highest BCUT2D eigenvalue weighted by atomic mass is 16.5. The molecule has 3 heterocycles. The SMILES string of the molecule is COc1ccc(C(=O)N2CCN(C)CC2)cc1NC(=O)Cn1cnc2c(oc3ccccc32)c1=O. The van der Waals surface area contributed by atoms with E-state index in [9.17, 15) is 14.4 Å². The lowest BCUT2D eigenvalue weighted by atomic mass is 10.1. The number of ether oxygens (including phenoxy) is 1. The fourth-order valence-corrected chi connectivity index (χ4v) is 4.20. The van der Waals surface area contributed by atoms with Crippen LogP contribution in [0.25, 0.3) is 22.1 Å². The first-order valence-electron chi connectivity index (χ1n) is 11.3. The van der Waals surface area contributed by atoms with Gasteiger partial charge >= 0.3 is 0 Å². The van der Waals surface area contributed by atoms with E-state index in [4.69, 9.17) is 9.15 Å². The smallest absolute Gasteiger partial charge is 0.297 e. The van der Waals surface area contributed by atoms with Crippen molar-refractivity contribution in [3.63, 3.8) is 0 Å². The summed E-state index contributed by atoms with van der Waals surface area (Å²) in [4.78, 5) is 47.0. The van der Waals surface area contributed by atoms with Crippen LogP contribution in [0.1, 0.15) is 10.4 Å². The first-order chi connectivity index (χ1) is 16.9. The van der Waals surface area contributed by atoms with Crippen LogP contribution in [0.15, 0.2) is 58.0 Å². The Balaban J connectivity index is 1.36. The summed E-state index contributed by atoms with van der Waals surface area (Å²) in [6, 6.07) is 12.2. The Morgan fingerprint density at radius 1 is 1.11 bits per heavy atom. The molecule has 0 saturated carbocycles. The van der Waals surface area contributed by atoms with E-state index in [1.54, 1.807) is 29.2 Å². The largest absolute Gasteiger partial charge is 0.495 e. The number of hydrogen-bond acceptors (Lipinski definition) is 7. The average molecular weight is 476 g/mol. The van der Waals surface area contributed by atoms with Crippen molar-refractivity contribution in [2.24, 2.45) is 0 Å². The van der Waals surface area contributed by atoms with E-state index in [-0.39, 0.29) is 18.0 Å². The maximum atomic E-state index is 13.0. The number of rotatable bonds is 5. The predicted molar refractivity (Wildman–Crippen MR) is 131 cm³/mol. The van der Waals surface area contributed by atoms with Gasteiger partial charge in [-0.15, -0.1) is 0 Å². The summed E-state index contributed by atoms with van der Waals surface area (Å²) in [5.74, 6) is -0.162. The maximum absolute atomic E-state index is 13.0. The normalized spacial score (nSPS) is 14.4. The van der Waals surface area contributed by atoms with Crippen molar-refractivity contribution in [3.8, 4) is 5.75 Å². The van der Waals surface area contributed by atoms with Crippen molar-refractivity contribution in [1.29, 1.82) is 0 Å². The van der Waals surface area contributed by atoms with E-state index in [1.807, 2.05) is 25.2 Å². The maximum Gasteiger partial charge on any atom is 0.297 e. The summed E-state index contributed by atoms with van der Waals surface area (Å²) in [5.41, 5.74) is 1.46. The minimum absolute atomic E-state index is 0.0962. The summed E-state index contributed by atoms with van der Waals surface area (Å²) in [6.45, 7) is 2.62. The van der Waals surface area contributed by atoms with Gasteiger partial charge in [0.2, 0.25) is 11.5 Å². The summed E-state index contributed by atoms with van der Waals surface area (Å²) in [5, 5.41) is 3.49. The molecule has 2 aromatic heterocycles. The summed E-state index contributed by atoms with van der Waals surface area (Å²) < 4.78 is 12.2. The van der Waals surface area contributed by atoms with Gasteiger partial charge in [-0.2, -0.15) is 0 Å². The van der Waals surface area contributed by atoms with E-state index < -0.39 is 11.5 Å². The zero-order valence-corrected chi connectivity index (χ0v) is 19.5. The summed E-state index contributed by atoms with van der Waals surface area (Å²) in [6.07, 6.45) is 1.33. The highest BCUT2D eigenvalue weighted by Crippen LogP contribution is 2.27. The van der Waals surface area contributed by atoms with Crippen LogP contribution in [0.2, 0.25) is 0 Å².